The Bertz CT molecular complexity index is 647. The van der Waals surface area contributed by atoms with Crippen LogP contribution < -0.4 is 43.7 Å². The van der Waals surface area contributed by atoms with Crippen LogP contribution in [0.2, 0.25) is 0 Å². The van der Waals surface area contributed by atoms with E-state index in [1.807, 2.05) is 0 Å². The number of rotatable bonds is 3. The summed E-state index contributed by atoms with van der Waals surface area (Å²) in [5.41, 5.74) is 7.31. The molecule has 0 aliphatic carbocycles. The average molecular weight is 415 g/mol. The summed E-state index contributed by atoms with van der Waals surface area (Å²) in [6.45, 7) is 0. The molecular weight excluding hydrogens is 396 g/mol. The number of anilines is 1. The maximum absolute atomic E-state index is 10.9. The van der Waals surface area contributed by atoms with Gasteiger partial charge in [0.25, 0.3) is 0 Å². The zero-order valence-electron chi connectivity index (χ0n) is 12.8. The molecule has 11 N–H and O–H groups in total. The largest absolute Gasteiger partial charge is 1.00 e. The molecule has 0 fully saturated rings. The van der Waals surface area contributed by atoms with Gasteiger partial charge in [-0.2, -0.15) is 0 Å². The van der Waals surface area contributed by atoms with Crippen LogP contribution >= 0.6 is 0 Å². The van der Waals surface area contributed by atoms with E-state index in [2.05, 4.69) is 10.2 Å². The second-order valence-corrected chi connectivity index (χ2v) is 7.10. The maximum Gasteiger partial charge on any atom is 1.00 e. The molecule has 0 aliphatic heterocycles. The molecule has 0 heterocycles. The molecule has 0 spiro atoms. The molecule has 24 heavy (non-hydrogen) atoms. The van der Waals surface area contributed by atoms with Crippen molar-refractivity contribution in [2.75, 3.05) is 5.73 Å². The molecule has 1 atom stereocenters. The van der Waals surface area contributed by atoms with Gasteiger partial charge in [-0.1, -0.05) is 0 Å². The van der Waals surface area contributed by atoms with E-state index < -0.39 is 14.2 Å². The number of azo groups is 1. The van der Waals surface area contributed by atoms with E-state index in [-0.39, 0.29) is 55.8 Å². The summed E-state index contributed by atoms with van der Waals surface area (Å²) in [6.07, 6.45) is 0. The number of benzene rings is 2. The minimum Gasteiger partial charge on any atom is -0.412 e. The minimum absolute atomic E-state index is 0. The molecule has 0 aromatic heterocycles. The van der Waals surface area contributed by atoms with Crippen molar-refractivity contribution in [3.63, 3.8) is 0 Å². The third-order valence-electron chi connectivity index (χ3n) is 2.35. The Labute approximate surface area is 162 Å². The minimum atomic E-state index is -5.07. The predicted octanol–water partition coefficient (Wildman–Crippen LogP) is -5.68. The van der Waals surface area contributed by atoms with E-state index in [1.165, 1.54) is 24.3 Å². The van der Waals surface area contributed by atoms with Crippen LogP contribution in [0.5, 0.6) is 0 Å². The van der Waals surface area contributed by atoms with Crippen molar-refractivity contribution in [2.24, 2.45) is 10.2 Å². The normalized spacial score (nSPS) is 11.4. The first-order chi connectivity index (χ1) is 8.95. The van der Waals surface area contributed by atoms with Gasteiger partial charge < -0.3 is 21.9 Å². The summed E-state index contributed by atoms with van der Waals surface area (Å²) < 4.78 is 30.7. The van der Waals surface area contributed by atoms with E-state index in [0.717, 1.165) is 0 Å². The molecule has 0 bridgehead atoms. The smallest absolute Gasteiger partial charge is 0.412 e. The predicted molar refractivity (Wildman–Crippen MR) is 84.2 cm³/mol. The Morgan fingerprint density at radius 2 is 1.17 bits per heavy atom. The average Bonchev–Trinajstić information content (AvgIpc) is 2.37. The maximum atomic E-state index is 10.9. The molecule has 2 aromatic carbocycles. The molecule has 0 radical (unpaired) electrons. The molecule has 2 aromatic rings. The second kappa shape index (κ2) is 13.3. The molecule has 0 amide bonds. The summed E-state index contributed by atoms with van der Waals surface area (Å²) >= 11 is -5.07. The van der Waals surface area contributed by atoms with Crippen LogP contribution in [0.25, 0.3) is 0 Å². The van der Waals surface area contributed by atoms with Gasteiger partial charge in [0.1, 0.15) is 0 Å². The number of nitrogen functional groups attached to an aromatic ring is 1. The first kappa shape index (κ1) is 30.8. The van der Waals surface area contributed by atoms with Gasteiger partial charge in [-0.15, -0.1) is 0 Å². The van der Waals surface area contributed by atoms with Crippen LogP contribution in [-0.2, 0) is 3.74 Å². The molecule has 0 saturated carbocycles. The Hall–Kier alpha value is -1.04. The first-order valence-corrected chi connectivity index (χ1v) is 8.68. The van der Waals surface area contributed by atoms with Crippen LogP contribution in [0.4, 0.5) is 17.1 Å². The molecule has 12 heteroatoms. The van der Waals surface area contributed by atoms with Crippen LogP contribution in [0.3, 0.4) is 0 Å². The summed E-state index contributed by atoms with van der Waals surface area (Å²) in [5, 5.41) is 7.92. The van der Waals surface area contributed by atoms with Gasteiger partial charge in [-0.25, -0.2) is 0 Å². The van der Waals surface area contributed by atoms with Gasteiger partial charge in [0.15, 0.2) is 0 Å². The fraction of sp³-hybridized carbons (Fsp3) is 0. The zero-order chi connectivity index (χ0) is 13.9. The molecule has 1 unspecified atom stereocenters. The summed E-state index contributed by atoms with van der Waals surface area (Å²) in [4.78, 5) is 0. The van der Waals surface area contributed by atoms with Gasteiger partial charge in [-0.05, 0) is 0 Å². The van der Waals surface area contributed by atoms with Crippen molar-refractivity contribution >= 4 is 35.6 Å². The fourth-order valence-electron chi connectivity index (χ4n) is 1.36. The third kappa shape index (κ3) is 9.30. The van der Waals surface area contributed by atoms with Gasteiger partial charge >= 0.3 is 142 Å². The summed E-state index contributed by atoms with van der Waals surface area (Å²) in [6, 6.07) is 12.4. The Balaban J connectivity index is -0.000000400. The molecule has 2 rings (SSSR count). The van der Waals surface area contributed by atoms with Gasteiger partial charge in [0.05, 0.1) is 0 Å². The van der Waals surface area contributed by atoms with Crippen molar-refractivity contribution in [3.8, 4) is 0 Å². The van der Waals surface area contributed by atoms with Crippen molar-refractivity contribution in [3.05, 3.63) is 48.5 Å². The molecule has 0 saturated heterocycles. The number of nitrogens with zero attached hydrogens (tertiary/aromatic N) is 2. The van der Waals surface area contributed by atoms with Gasteiger partial charge in [-0.3, -0.25) is 0 Å². The SMILES string of the molecule is Nc1ccc(N=Nc2ccc([As](=O)([O-])O)cc2)cc1.O.O.O.O.[Na+]. The number of nitrogens with two attached hydrogens (primary N) is 1. The van der Waals surface area contributed by atoms with Crippen LogP contribution in [-0.4, -0.2) is 40.2 Å². The van der Waals surface area contributed by atoms with Crippen LogP contribution in [0.15, 0.2) is 58.8 Å². The summed E-state index contributed by atoms with van der Waals surface area (Å²) in [7, 11) is 0. The molecular formula is C12H19AsN3NaO7. The quantitative estimate of drug-likeness (QED) is 0.283. The van der Waals surface area contributed by atoms with Gasteiger partial charge in [0, 0.05) is 0 Å². The zero-order valence-corrected chi connectivity index (χ0v) is 16.7. The van der Waals surface area contributed by atoms with E-state index in [4.69, 9.17) is 9.83 Å². The van der Waals surface area contributed by atoms with E-state index >= 15 is 0 Å². The third-order valence-corrected chi connectivity index (χ3v) is 4.34. The first-order valence-electron chi connectivity index (χ1n) is 5.37. The Morgan fingerprint density at radius 1 is 0.833 bits per heavy atom. The van der Waals surface area contributed by atoms with Gasteiger partial charge in [0.2, 0.25) is 0 Å². The monoisotopic (exact) mass is 415 g/mol. The van der Waals surface area contributed by atoms with E-state index in [1.54, 1.807) is 24.3 Å². The summed E-state index contributed by atoms with van der Waals surface area (Å²) in [5.74, 6) is 0. The van der Waals surface area contributed by atoms with Crippen LogP contribution in [0, 0.1) is 0 Å². The topological polar surface area (TPSA) is 237 Å². The van der Waals surface area contributed by atoms with Crippen molar-refractivity contribution in [2.45, 2.75) is 0 Å². The second-order valence-electron chi connectivity index (χ2n) is 3.83. The van der Waals surface area contributed by atoms with Crippen molar-refractivity contribution in [1.82, 2.24) is 0 Å². The van der Waals surface area contributed by atoms with Crippen LogP contribution in [0.1, 0.15) is 0 Å². The van der Waals surface area contributed by atoms with E-state index in [0.29, 0.717) is 17.1 Å². The molecule has 130 valence electrons. The number of hydrogen-bond donors (Lipinski definition) is 2. The fourth-order valence-corrected chi connectivity index (χ4v) is 2.47. The van der Waals surface area contributed by atoms with Crippen molar-refractivity contribution in [1.29, 1.82) is 0 Å². The number of hydrogen-bond acceptors (Lipinski definition) is 5. The van der Waals surface area contributed by atoms with E-state index in [9.17, 15) is 7.84 Å². The standard InChI is InChI=1S/C12H12AsN3O3.Na.4H2O/c14-10-3-7-12(8-4-10)16-15-11-5-1-9(2-6-11)13(17,18)19;;;;;/h1-8H,14H2,(H2,17,18,19);;4*1H2/q;+1;;;;/p-1. The Morgan fingerprint density at radius 3 is 1.50 bits per heavy atom. The molecule has 10 nitrogen and oxygen atoms in total. The molecule has 0 aliphatic rings. The van der Waals surface area contributed by atoms with Crippen molar-refractivity contribution < 1.29 is 63.4 Å². The Kier molecular flexibility index (Phi) is 17.0.